The molecule has 2 aliphatic rings. The Balaban J connectivity index is 1.31. The Hall–Kier alpha value is -4.13. The number of fused-ring (bicyclic) bond motifs is 2. The van der Waals surface area contributed by atoms with Gasteiger partial charge in [-0.1, -0.05) is 62.3 Å². The Labute approximate surface area is 216 Å². The maximum Gasteiger partial charge on any atom is 0.365 e. The molecule has 0 heterocycles. The summed E-state index contributed by atoms with van der Waals surface area (Å²) in [7, 11) is 0. The van der Waals surface area contributed by atoms with Gasteiger partial charge in [-0.05, 0) is 66.8 Å². The average Bonchev–Trinajstić information content (AvgIpc) is 3.23. The van der Waals surface area contributed by atoms with Gasteiger partial charge in [0.2, 0.25) is 5.91 Å². The predicted molar refractivity (Wildman–Crippen MR) is 143 cm³/mol. The summed E-state index contributed by atoms with van der Waals surface area (Å²) in [6.45, 7) is 6.36. The van der Waals surface area contributed by atoms with E-state index in [0.717, 1.165) is 24.2 Å². The Morgan fingerprint density at radius 1 is 0.784 bits per heavy atom. The van der Waals surface area contributed by atoms with Gasteiger partial charge in [0.25, 0.3) is 0 Å². The maximum atomic E-state index is 13.7. The lowest BCUT2D eigenvalue weighted by molar-refractivity contribution is -0.130. The number of carbonyl (C=O) groups excluding carboxylic acids is 2. The van der Waals surface area contributed by atoms with Gasteiger partial charge in [0.05, 0.1) is 28.1 Å². The van der Waals surface area contributed by atoms with Crippen LogP contribution >= 0.6 is 0 Å². The molecule has 0 radical (unpaired) electrons. The Kier molecular flexibility index (Phi) is 6.23. The molecule has 3 aromatic rings. The van der Waals surface area contributed by atoms with Crippen LogP contribution in [0.3, 0.4) is 0 Å². The second-order valence-electron chi connectivity index (χ2n) is 10.5. The van der Waals surface area contributed by atoms with Crippen molar-refractivity contribution in [2.24, 2.45) is 31.6 Å². The van der Waals surface area contributed by atoms with E-state index in [1.807, 2.05) is 60.7 Å². The summed E-state index contributed by atoms with van der Waals surface area (Å²) in [5.74, 6) is -0.542. The quantitative estimate of drug-likeness (QED) is 0.219. The fraction of sp³-hybridized carbons (Fsp3) is 0.300. The Morgan fingerprint density at radius 2 is 1.38 bits per heavy atom. The first-order valence-corrected chi connectivity index (χ1v) is 12.5. The molecule has 5 rings (SSSR count). The molecule has 0 spiro atoms. The van der Waals surface area contributed by atoms with Crippen LogP contribution in [0.2, 0.25) is 0 Å². The number of nitrogens with zero attached hydrogens (tertiary/aromatic N) is 3. The monoisotopic (exact) mass is 494 g/mol. The van der Waals surface area contributed by atoms with Crippen molar-refractivity contribution in [2.75, 3.05) is 5.32 Å². The highest BCUT2D eigenvalue weighted by molar-refractivity contribution is 6.06. The number of rotatable bonds is 6. The second kappa shape index (κ2) is 9.39. The Morgan fingerprint density at radius 3 is 2.03 bits per heavy atom. The third-order valence-corrected chi connectivity index (χ3v) is 8.58. The van der Waals surface area contributed by atoms with Crippen LogP contribution in [-0.4, -0.2) is 17.6 Å². The number of hydrogen-bond acceptors (Lipinski definition) is 6. The van der Waals surface area contributed by atoms with E-state index in [1.54, 1.807) is 24.3 Å². The number of anilines is 1. The first-order chi connectivity index (χ1) is 17.7. The van der Waals surface area contributed by atoms with Gasteiger partial charge in [-0.15, -0.1) is 0 Å². The van der Waals surface area contributed by atoms with Crippen LogP contribution in [0.15, 0.2) is 100 Å². The summed E-state index contributed by atoms with van der Waals surface area (Å²) in [5, 5.41) is 15.9. The zero-order valence-electron chi connectivity index (χ0n) is 21.3. The highest BCUT2D eigenvalue weighted by Gasteiger charge is 2.71. The van der Waals surface area contributed by atoms with Crippen molar-refractivity contribution in [1.29, 1.82) is 0 Å². The third kappa shape index (κ3) is 4.24. The number of azo groups is 1. The van der Waals surface area contributed by atoms with Crippen LogP contribution in [0.4, 0.5) is 17.1 Å². The lowest BCUT2D eigenvalue weighted by atomic mass is 9.64. The molecule has 1 N–H and O–H groups in total. The van der Waals surface area contributed by atoms with Gasteiger partial charge in [0, 0.05) is 17.5 Å². The zero-order chi connectivity index (χ0) is 26.1. The van der Waals surface area contributed by atoms with E-state index in [4.69, 9.17) is 4.84 Å². The van der Waals surface area contributed by atoms with Gasteiger partial charge in [0.1, 0.15) is 0 Å². The molecule has 2 saturated carbocycles. The predicted octanol–water partition coefficient (Wildman–Crippen LogP) is 7.47. The molecule has 37 heavy (non-hydrogen) atoms. The van der Waals surface area contributed by atoms with Gasteiger partial charge >= 0.3 is 5.97 Å². The topological polar surface area (TPSA) is 92.5 Å². The number of amides is 1. The number of hydrogen-bond donors (Lipinski definition) is 1. The Bertz CT molecular complexity index is 1370. The fourth-order valence-corrected chi connectivity index (χ4v) is 5.72. The number of benzene rings is 3. The lowest BCUT2D eigenvalue weighted by Gasteiger charge is -2.39. The summed E-state index contributed by atoms with van der Waals surface area (Å²) in [4.78, 5) is 31.5. The molecular formula is C30H30N4O3. The molecule has 2 aliphatic carbocycles. The van der Waals surface area contributed by atoms with E-state index >= 15 is 0 Å². The second-order valence-corrected chi connectivity index (χ2v) is 10.5. The normalized spacial score (nSPS) is 24.9. The van der Waals surface area contributed by atoms with Crippen molar-refractivity contribution in [1.82, 2.24) is 0 Å². The molecule has 0 aliphatic heterocycles. The van der Waals surface area contributed by atoms with E-state index in [9.17, 15) is 9.59 Å². The van der Waals surface area contributed by atoms with Gasteiger partial charge < -0.3 is 10.2 Å². The summed E-state index contributed by atoms with van der Waals surface area (Å²) in [6.07, 6.45) is 2.00. The van der Waals surface area contributed by atoms with E-state index in [2.05, 4.69) is 41.5 Å². The van der Waals surface area contributed by atoms with Gasteiger partial charge in [-0.25, -0.2) is 4.79 Å². The molecule has 3 aromatic carbocycles. The highest BCUT2D eigenvalue weighted by atomic mass is 16.7. The summed E-state index contributed by atoms with van der Waals surface area (Å²) in [6, 6.07) is 25.6. The highest BCUT2D eigenvalue weighted by Crippen LogP contribution is 2.71. The average molecular weight is 495 g/mol. The number of oxime groups is 1. The van der Waals surface area contributed by atoms with Gasteiger partial charge in [-0.3, -0.25) is 4.79 Å². The number of nitrogens with one attached hydrogen (secondary N) is 1. The molecule has 2 atom stereocenters. The fourth-order valence-electron chi connectivity index (χ4n) is 5.72. The van der Waals surface area contributed by atoms with Gasteiger partial charge in [-0.2, -0.15) is 10.2 Å². The molecule has 2 bridgehead atoms. The smallest absolute Gasteiger partial charge is 0.326 e. The maximum absolute atomic E-state index is 13.7. The first kappa shape index (κ1) is 24.6. The minimum atomic E-state index is -0.647. The summed E-state index contributed by atoms with van der Waals surface area (Å²) in [5.41, 5.74) is 2.02. The molecule has 0 saturated heterocycles. The molecular weight excluding hydrogens is 464 g/mol. The van der Waals surface area contributed by atoms with E-state index < -0.39 is 11.4 Å². The SMILES string of the molecule is CC12CCC(C(=O)Nc3ccc(N=Nc4ccccc4)cc3)(C/C1=N\OC(=O)c1ccccc1)C2(C)C. The minimum Gasteiger partial charge on any atom is -0.326 e. The van der Waals surface area contributed by atoms with Crippen molar-refractivity contribution in [3.63, 3.8) is 0 Å². The molecule has 188 valence electrons. The first-order valence-electron chi connectivity index (χ1n) is 12.5. The van der Waals surface area contributed by atoms with E-state index in [1.165, 1.54) is 0 Å². The van der Waals surface area contributed by atoms with Crippen molar-refractivity contribution in [2.45, 2.75) is 40.0 Å². The lowest BCUT2D eigenvalue weighted by Crippen LogP contribution is -2.43. The summed E-state index contributed by atoms with van der Waals surface area (Å²) < 4.78 is 0. The third-order valence-electron chi connectivity index (χ3n) is 8.58. The van der Waals surface area contributed by atoms with Crippen molar-refractivity contribution in [3.05, 3.63) is 90.5 Å². The van der Waals surface area contributed by atoms with Crippen LogP contribution in [0, 0.1) is 16.2 Å². The van der Waals surface area contributed by atoms with Crippen LogP contribution in [0.5, 0.6) is 0 Å². The van der Waals surface area contributed by atoms with E-state index in [-0.39, 0.29) is 16.7 Å². The van der Waals surface area contributed by atoms with Crippen LogP contribution < -0.4 is 5.32 Å². The number of carbonyl (C=O) groups is 2. The molecule has 0 aromatic heterocycles. The van der Waals surface area contributed by atoms with Gasteiger partial charge in [0.15, 0.2) is 0 Å². The van der Waals surface area contributed by atoms with Crippen molar-refractivity contribution < 1.29 is 14.4 Å². The van der Waals surface area contributed by atoms with Crippen LogP contribution in [0.1, 0.15) is 50.4 Å². The van der Waals surface area contributed by atoms with Crippen LogP contribution in [0.25, 0.3) is 0 Å². The molecule has 1 amide bonds. The molecule has 2 unspecified atom stereocenters. The standard InChI is InChI=1S/C30H30N4O3/c1-28(2)29(3)18-19-30(28,20-25(29)34-37-26(35)21-10-6-4-7-11-21)27(36)31-22-14-16-24(17-15-22)33-32-23-12-8-5-9-13-23/h4-17H,18-20H2,1-3H3,(H,31,36)/b33-32?,34-25+. The largest absolute Gasteiger partial charge is 0.365 e. The molecule has 7 heteroatoms. The van der Waals surface area contributed by atoms with Crippen molar-refractivity contribution in [3.8, 4) is 0 Å². The molecule has 2 fully saturated rings. The molecule has 7 nitrogen and oxygen atoms in total. The zero-order valence-corrected chi connectivity index (χ0v) is 21.3. The minimum absolute atomic E-state index is 0.0422. The van der Waals surface area contributed by atoms with E-state index in [0.29, 0.717) is 23.4 Å². The summed E-state index contributed by atoms with van der Waals surface area (Å²) >= 11 is 0. The van der Waals surface area contributed by atoms with Crippen molar-refractivity contribution >= 4 is 34.7 Å². The van der Waals surface area contributed by atoms with Crippen LogP contribution in [-0.2, 0) is 9.63 Å².